The Kier molecular flexibility index (Phi) is 7.34. The number of aromatic nitrogens is 4. The van der Waals surface area contributed by atoms with Crippen LogP contribution in [-0.4, -0.2) is 44.8 Å². The Morgan fingerprint density at radius 3 is 2.51 bits per heavy atom. The van der Waals surface area contributed by atoms with Gasteiger partial charge in [-0.25, -0.2) is 4.98 Å². The number of hydrogen-bond donors (Lipinski definition) is 4. The number of hydrogen-bond acceptors (Lipinski definition) is 9. The van der Waals surface area contributed by atoms with Crippen molar-refractivity contribution in [3.8, 4) is 11.5 Å². The summed E-state index contributed by atoms with van der Waals surface area (Å²) in [4.78, 5) is 20.5. The van der Waals surface area contributed by atoms with Gasteiger partial charge in [-0.15, -0.1) is 10.2 Å². The van der Waals surface area contributed by atoms with Gasteiger partial charge in [0.1, 0.15) is 5.82 Å². The van der Waals surface area contributed by atoms with Crippen LogP contribution < -0.4 is 16.0 Å². The fourth-order valence-corrected chi connectivity index (χ4v) is 3.50. The Morgan fingerprint density at radius 1 is 1.14 bits per heavy atom. The van der Waals surface area contributed by atoms with Crippen LogP contribution in [0.3, 0.4) is 0 Å². The molecule has 0 bridgehead atoms. The molecule has 1 atom stereocenters. The van der Waals surface area contributed by atoms with Crippen LogP contribution in [0, 0.1) is 6.92 Å². The zero-order valence-electron chi connectivity index (χ0n) is 19.7. The summed E-state index contributed by atoms with van der Waals surface area (Å²) < 4.78 is 43.9. The van der Waals surface area contributed by atoms with E-state index in [4.69, 9.17) is 4.42 Å². The van der Waals surface area contributed by atoms with E-state index >= 15 is 0 Å². The maximum atomic E-state index is 13.0. The van der Waals surface area contributed by atoms with Crippen molar-refractivity contribution >= 4 is 23.4 Å². The Bertz CT molecular complexity index is 1390. The largest absolute Gasteiger partial charge is 0.470 e. The summed E-state index contributed by atoms with van der Waals surface area (Å²) in [7, 11) is 1.54. The average molecular weight is 513 g/mol. The molecule has 10 nitrogen and oxygen atoms in total. The summed E-state index contributed by atoms with van der Waals surface area (Å²) in [6, 6.07) is 13.3. The molecule has 0 aliphatic heterocycles. The Labute approximate surface area is 209 Å². The van der Waals surface area contributed by atoms with Crippen LogP contribution in [0.1, 0.15) is 33.4 Å². The lowest BCUT2D eigenvalue weighted by Gasteiger charge is -2.19. The first-order valence-corrected chi connectivity index (χ1v) is 11.0. The number of carbonyl (C=O) groups excluding carboxylic acids is 1. The molecule has 2 heterocycles. The summed E-state index contributed by atoms with van der Waals surface area (Å²) in [6.45, 7) is 1.43. The number of nitrogens with zero attached hydrogens (tertiary/aromatic N) is 4. The first-order chi connectivity index (χ1) is 17.7. The Balaban J connectivity index is 1.70. The van der Waals surface area contributed by atoms with Crippen molar-refractivity contribution in [2.75, 3.05) is 24.3 Å². The van der Waals surface area contributed by atoms with Gasteiger partial charge in [-0.05, 0) is 36.2 Å². The minimum Gasteiger partial charge on any atom is -0.412 e. The van der Waals surface area contributed by atoms with E-state index in [1.165, 1.54) is 13.2 Å². The highest BCUT2D eigenvalue weighted by molar-refractivity contribution is 5.95. The SMILES string of the molecule is CNC(=O)c1ccc(Nc2ncc(-c3nnc(C(F)(F)F)o3)c(N[C@H](CO)c3ccccc3)n2)cc1C. The van der Waals surface area contributed by atoms with Crippen molar-refractivity contribution < 1.29 is 27.5 Å². The Morgan fingerprint density at radius 2 is 1.89 bits per heavy atom. The summed E-state index contributed by atoms with van der Waals surface area (Å²) >= 11 is 0. The van der Waals surface area contributed by atoms with Crippen LogP contribution in [0.5, 0.6) is 0 Å². The second-order valence-corrected chi connectivity index (χ2v) is 7.89. The highest BCUT2D eigenvalue weighted by Gasteiger charge is 2.38. The average Bonchev–Trinajstić information content (AvgIpc) is 3.38. The Hall–Kier alpha value is -4.52. The normalized spacial score (nSPS) is 12.2. The highest BCUT2D eigenvalue weighted by Crippen LogP contribution is 2.34. The zero-order valence-corrected chi connectivity index (χ0v) is 19.7. The molecule has 2 aromatic carbocycles. The van der Waals surface area contributed by atoms with Crippen molar-refractivity contribution in [3.63, 3.8) is 0 Å². The third-order valence-corrected chi connectivity index (χ3v) is 5.34. The summed E-state index contributed by atoms with van der Waals surface area (Å²) in [5.74, 6) is -2.04. The number of aliphatic hydroxyl groups is 1. The van der Waals surface area contributed by atoms with Gasteiger partial charge in [0.15, 0.2) is 0 Å². The van der Waals surface area contributed by atoms with Gasteiger partial charge in [0.2, 0.25) is 5.95 Å². The lowest BCUT2D eigenvalue weighted by atomic mass is 10.1. The molecule has 0 spiro atoms. The molecule has 37 heavy (non-hydrogen) atoms. The molecule has 0 radical (unpaired) electrons. The number of carbonyl (C=O) groups is 1. The van der Waals surface area contributed by atoms with E-state index in [0.717, 1.165) is 0 Å². The highest BCUT2D eigenvalue weighted by atomic mass is 19.4. The molecule has 4 N–H and O–H groups in total. The second kappa shape index (κ2) is 10.6. The first-order valence-electron chi connectivity index (χ1n) is 11.0. The van der Waals surface area contributed by atoms with Crippen LogP contribution in [-0.2, 0) is 6.18 Å². The van der Waals surface area contributed by atoms with Gasteiger partial charge in [0, 0.05) is 24.5 Å². The van der Waals surface area contributed by atoms with Gasteiger partial charge in [-0.3, -0.25) is 4.79 Å². The number of amides is 1. The summed E-state index contributed by atoms with van der Waals surface area (Å²) in [6.07, 6.45) is -3.59. The van der Waals surface area contributed by atoms with Crippen molar-refractivity contribution in [2.24, 2.45) is 0 Å². The number of aliphatic hydroxyl groups excluding tert-OH is 1. The van der Waals surface area contributed by atoms with E-state index in [-0.39, 0.29) is 29.8 Å². The van der Waals surface area contributed by atoms with Gasteiger partial charge in [-0.2, -0.15) is 18.2 Å². The van der Waals surface area contributed by atoms with Crippen LogP contribution in [0.25, 0.3) is 11.5 Å². The predicted octanol–water partition coefficient (Wildman–Crippen LogP) is 4.10. The lowest BCUT2D eigenvalue weighted by Crippen LogP contribution is -2.19. The molecule has 1 amide bonds. The van der Waals surface area contributed by atoms with Crippen molar-refractivity contribution in [3.05, 3.63) is 77.3 Å². The van der Waals surface area contributed by atoms with Crippen molar-refractivity contribution in [1.82, 2.24) is 25.5 Å². The zero-order chi connectivity index (χ0) is 26.6. The number of halogens is 3. The molecular weight excluding hydrogens is 491 g/mol. The smallest absolute Gasteiger partial charge is 0.412 e. The first kappa shape index (κ1) is 25.6. The monoisotopic (exact) mass is 513 g/mol. The molecule has 4 rings (SSSR count). The van der Waals surface area contributed by atoms with Crippen LogP contribution in [0.2, 0.25) is 0 Å². The van der Waals surface area contributed by atoms with E-state index in [1.54, 1.807) is 49.4 Å². The van der Waals surface area contributed by atoms with Gasteiger partial charge >= 0.3 is 12.1 Å². The number of aryl methyl sites for hydroxylation is 1. The van der Waals surface area contributed by atoms with E-state index in [2.05, 4.69) is 36.1 Å². The molecular formula is C24H22F3N7O3. The standard InChI is InChI=1S/C24H22F3N7O3/c1-13-10-15(8-9-16(13)20(36)28-2)30-23-29-11-17(21-33-34-22(37-21)24(25,26)27)19(32-23)31-18(12-35)14-6-4-3-5-7-14/h3-11,18,35H,12H2,1-2H3,(H,28,36)(H2,29,30,31,32)/t18-/m1/s1. The third kappa shape index (κ3) is 5.83. The molecule has 4 aromatic rings. The minimum atomic E-state index is -4.82. The topological polar surface area (TPSA) is 138 Å². The van der Waals surface area contributed by atoms with E-state index < -0.39 is 24.0 Å². The fourth-order valence-electron chi connectivity index (χ4n) is 3.50. The van der Waals surface area contributed by atoms with Crippen molar-refractivity contribution in [2.45, 2.75) is 19.1 Å². The van der Waals surface area contributed by atoms with Gasteiger partial charge in [0.05, 0.1) is 18.2 Å². The molecule has 13 heteroatoms. The summed E-state index contributed by atoms with van der Waals surface area (Å²) in [5.41, 5.74) is 2.49. The molecule has 0 saturated heterocycles. The van der Waals surface area contributed by atoms with Crippen molar-refractivity contribution in [1.29, 1.82) is 0 Å². The maximum Gasteiger partial charge on any atom is 0.470 e. The van der Waals surface area contributed by atoms with Crippen LogP contribution >= 0.6 is 0 Å². The number of anilines is 3. The molecule has 2 aromatic heterocycles. The second-order valence-electron chi connectivity index (χ2n) is 7.89. The number of alkyl halides is 3. The third-order valence-electron chi connectivity index (χ3n) is 5.34. The van der Waals surface area contributed by atoms with E-state index in [1.807, 2.05) is 6.07 Å². The molecule has 0 aliphatic carbocycles. The van der Waals surface area contributed by atoms with Gasteiger partial charge in [-0.1, -0.05) is 30.3 Å². The molecule has 0 aliphatic rings. The van der Waals surface area contributed by atoms with E-state index in [0.29, 0.717) is 22.4 Å². The molecule has 192 valence electrons. The molecule has 0 saturated carbocycles. The van der Waals surface area contributed by atoms with Gasteiger partial charge in [0.25, 0.3) is 11.8 Å². The maximum absolute atomic E-state index is 13.0. The number of nitrogens with one attached hydrogen (secondary N) is 3. The predicted molar refractivity (Wildman–Crippen MR) is 128 cm³/mol. The van der Waals surface area contributed by atoms with Crippen LogP contribution in [0.15, 0.2) is 59.1 Å². The molecule has 0 unspecified atom stereocenters. The van der Waals surface area contributed by atoms with Crippen LogP contribution in [0.4, 0.5) is 30.6 Å². The quantitative estimate of drug-likeness (QED) is 0.274. The number of benzene rings is 2. The minimum absolute atomic E-state index is 0.00840. The fraction of sp³-hybridized carbons (Fsp3) is 0.208. The lowest BCUT2D eigenvalue weighted by molar-refractivity contribution is -0.156. The van der Waals surface area contributed by atoms with E-state index in [9.17, 15) is 23.1 Å². The summed E-state index contributed by atoms with van der Waals surface area (Å²) in [5, 5.41) is 25.2. The van der Waals surface area contributed by atoms with Gasteiger partial charge < -0.3 is 25.5 Å². The number of rotatable bonds is 8. The molecule has 0 fully saturated rings.